The van der Waals surface area contributed by atoms with Gasteiger partial charge in [0.2, 0.25) is 5.89 Å². The highest BCUT2D eigenvalue weighted by atomic mass is 16.5. The summed E-state index contributed by atoms with van der Waals surface area (Å²) in [6.07, 6.45) is 5.89. The summed E-state index contributed by atoms with van der Waals surface area (Å²) in [6.45, 7) is 3.52. The highest BCUT2D eigenvalue weighted by Crippen LogP contribution is 2.34. The molecule has 2 N–H and O–H groups in total. The average Bonchev–Trinajstić information content (AvgIpc) is 3.03. The Morgan fingerprint density at radius 2 is 1.87 bits per heavy atom. The number of anilines is 1. The van der Waals surface area contributed by atoms with Gasteiger partial charge in [-0.05, 0) is 19.8 Å². The Balaban J connectivity index is 1.79. The molecular weight excluding hydrogens is 298 g/mol. The molecule has 8 heteroatoms. The molecule has 0 radical (unpaired) electrons. The van der Waals surface area contributed by atoms with E-state index < -0.39 is 5.54 Å². The molecule has 1 aliphatic carbocycles. The fourth-order valence-corrected chi connectivity index (χ4v) is 3.02. The SMILES string of the molecule is Cc1cc(NC(=O)NC2(c3noc(C)n3)CCCCCC2)no1. The maximum absolute atomic E-state index is 12.4. The lowest BCUT2D eigenvalue weighted by molar-refractivity contribution is 0.222. The smallest absolute Gasteiger partial charge is 0.321 e. The minimum absolute atomic E-state index is 0.345. The number of carbonyl (C=O) groups excluding carboxylic acids is 1. The molecule has 1 saturated carbocycles. The first-order valence-corrected chi connectivity index (χ1v) is 7.91. The van der Waals surface area contributed by atoms with Crippen molar-refractivity contribution in [2.24, 2.45) is 0 Å². The van der Waals surface area contributed by atoms with Crippen LogP contribution in [0.2, 0.25) is 0 Å². The predicted molar refractivity (Wildman–Crippen MR) is 81.8 cm³/mol. The Bertz CT molecular complexity index is 670. The lowest BCUT2D eigenvalue weighted by Crippen LogP contribution is -2.48. The molecule has 2 aromatic heterocycles. The van der Waals surface area contributed by atoms with Gasteiger partial charge in [-0.15, -0.1) is 0 Å². The largest absolute Gasteiger partial charge is 0.360 e. The van der Waals surface area contributed by atoms with Gasteiger partial charge in [-0.2, -0.15) is 4.98 Å². The van der Waals surface area contributed by atoms with Gasteiger partial charge in [-0.1, -0.05) is 36.0 Å². The van der Waals surface area contributed by atoms with Crippen LogP contribution in [0.3, 0.4) is 0 Å². The van der Waals surface area contributed by atoms with Crippen molar-refractivity contribution in [1.29, 1.82) is 0 Å². The van der Waals surface area contributed by atoms with Crippen molar-refractivity contribution in [2.45, 2.75) is 57.9 Å². The lowest BCUT2D eigenvalue weighted by atomic mass is 9.89. The van der Waals surface area contributed by atoms with Gasteiger partial charge in [0.1, 0.15) is 11.3 Å². The summed E-state index contributed by atoms with van der Waals surface area (Å²) in [6, 6.07) is 1.32. The van der Waals surface area contributed by atoms with Crippen LogP contribution in [0.25, 0.3) is 0 Å². The summed E-state index contributed by atoms with van der Waals surface area (Å²) in [5.41, 5.74) is -0.600. The highest BCUT2D eigenvalue weighted by molar-refractivity contribution is 5.88. The van der Waals surface area contributed by atoms with Crippen molar-refractivity contribution in [2.75, 3.05) is 5.32 Å². The van der Waals surface area contributed by atoms with Crippen molar-refractivity contribution in [3.05, 3.63) is 23.5 Å². The van der Waals surface area contributed by atoms with E-state index in [1.54, 1.807) is 19.9 Å². The second kappa shape index (κ2) is 6.39. The molecule has 124 valence electrons. The number of urea groups is 1. The van der Waals surface area contributed by atoms with Gasteiger partial charge in [0.25, 0.3) is 0 Å². The molecule has 0 bridgehead atoms. The first-order chi connectivity index (χ1) is 11.1. The van der Waals surface area contributed by atoms with E-state index in [4.69, 9.17) is 9.05 Å². The van der Waals surface area contributed by atoms with Gasteiger partial charge >= 0.3 is 6.03 Å². The minimum Gasteiger partial charge on any atom is -0.360 e. The molecular formula is C15H21N5O3. The maximum atomic E-state index is 12.4. The lowest BCUT2D eigenvalue weighted by Gasteiger charge is -2.30. The van der Waals surface area contributed by atoms with Crippen LogP contribution in [-0.2, 0) is 5.54 Å². The molecule has 2 heterocycles. The monoisotopic (exact) mass is 319 g/mol. The van der Waals surface area contributed by atoms with Crippen LogP contribution in [0, 0.1) is 13.8 Å². The van der Waals surface area contributed by atoms with Gasteiger partial charge in [0.15, 0.2) is 11.6 Å². The number of nitrogens with zero attached hydrogens (tertiary/aromatic N) is 3. The summed E-state index contributed by atoms with van der Waals surface area (Å²) in [5.74, 6) is 2.06. The predicted octanol–water partition coefficient (Wildman–Crippen LogP) is 3.05. The summed E-state index contributed by atoms with van der Waals surface area (Å²) >= 11 is 0. The average molecular weight is 319 g/mol. The zero-order valence-corrected chi connectivity index (χ0v) is 13.4. The quantitative estimate of drug-likeness (QED) is 0.842. The number of rotatable bonds is 3. The number of aromatic nitrogens is 3. The topological polar surface area (TPSA) is 106 Å². The van der Waals surface area contributed by atoms with Crippen molar-refractivity contribution in [3.8, 4) is 0 Å². The molecule has 0 aromatic carbocycles. The van der Waals surface area contributed by atoms with Crippen LogP contribution in [-0.4, -0.2) is 21.3 Å². The van der Waals surface area contributed by atoms with E-state index >= 15 is 0 Å². The van der Waals surface area contributed by atoms with Crippen LogP contribution in [0.4, 0.5) is 10.6 Å². The third-order valence-corrected chi connectivity index (χ3v) is 4.14. The molecule has 0 spiro atoms. The van der Waals surface area contributed by atoms with Crippen molar-refractivity contribution in [3.63, 3.8) is 0 Å². The molecule has 3 rings (SSSR count). The molecule has 1 fully saturated rings. The molecule has 0 unspecified atom stereocenters. The number of carbonyl (C=O) groups is 1. The normalized spacial score (nSPS) is 17.5. The van der Waals surface area contributed by atoms with Gasteiger partial charge in [0.05, 0.1) is 0 Å². The third-order valence-electron chi connectivity index (χ3n) is 4.14. The van der Waals surface area contributed by atoms with Crippen LogP contribution in [0.15, 0.2) is 15.1 Å². The zero-order valence-electron chi connectivity index (χ0n) is 13.4. The second-order valence-electron chi connectivity index (χ2n) is 6.04. The van der Waals surface area contributed by atoms with Crippen molar-refractivity contribution < 1.29 is 13.8 Å². The Morgan fingerprint density at radius 3 is 2.43 bits per heavy atom. The molecule has 0 atom stereocenters. The Hall–Kier alpha value is -2.38. The van der Waals surface area contributed by atoms with Gasteiger partial charge < -0.3 is 14.4 Å². The van der Waals surface area contributed by atoms with Crippen molar-refractivity contribution >= 4 is 11.8 Å². The van der Waals surface area contributed by atoms with E-state index in [1.165, 1.54) is 0 Å². The second-order valence-corrected chi connectivity index (χ2v) is 6.04. The van der Waals surface area contributed by atoms with Gasteiger partial charge in [-0.25, -0.2) is 4.79 Å². The number of amides is 2. The zero-order chi connectivity index (χ0) is 16.3. The third kappa shape index (κ3) is 3.52. The first-order valence-electron chi connectivity index (χ1n) is 7.91. The molecule has 0 saturated heterocycles. The number of hydrogen-bond acceptors (Lipinski definition) is 6. The van der Waals surface area contributed by atoms with Crippen LogP contribution < -0.4 is 10.6 Å². The fraction of sp³-hybridized carbons (Fsp3) is 0.600. The maximum Gasteiger partial charge on any atom is 0.321 e. The standard InChI is InChI=1S/C15H21N5O3/c1-10-9-12(19-22-10)17-14(21)18-15(7-5-3-4-6-8-15)13-16-11(2)23-20-13/h9H,3-8H2,1-2H3,(H2,17,18,19,21). The van der Waals surface area contributed by atoms with Gasteiger partial charge in [0, 0.05) is 13.0 Å². The van der Waals surface area contributed by atoms with E-state index in [0.29, 0.717) is 23.3 Å². The molecule has 23 heavy (non-hydrogen) atoms. The minimum atomic E-state index is -0.600. The Morgan fingerprint density at radius 1 is 1.13 bits per heavy atom. The van der Waals surface area contributed by atoms with Crippen molar-refractivity contribution in [1.82, 2.24) is 20.6 Å². The molecule has 1 aliphatic rings. The van der Waals surface area contributed by atoms with E-state index in [-0.39, 0.29) is 6.03 Å². The summed E-state index contributed by atoms with van der Waals surface area (Å²) < 4.78 is 10.1. The highest BCUT2D eigenvalue weighted by Gasteiger charge is 2.39. The molecule has 2 amide bonds. The van der Waals surface area contributed by atoms with Gasteiger partial charge in [-0.3, -0.25) is 5.32 Å². The summed E-state index contributed by atoms with van der Waals surface area (Å²) in [5, 5.41) is 13.6. The van der Waals surface area contributed by atoms with E-state index in [1.807, 2.05) is 0 Å². The molecule has 2 aromatic rings. The number of nitrogens with one attached hydrogen (secondary N) is 2. The first kappa shape index (κ1) is 15.5. The summed E-state index contributed by atoms with van der Waals surface area (Å²) in [4.78, 5) is 16.8. The Labute approximate surface area is 134 Å². The fourth-order valence-electron chi connectivity index (χ4n) is 3.02. The van der Waals surface area contributed by atoms with Crippen LogP contribution in [0.1, 0.15) is 56.0 Å². The number of hydrogen-bond donors (Lipinski definition) is 2. The van der Waals surface area contributed by atoms with E-state index in [9.17, 15) is 4.79 Å². The Kier molecular flexibility index (Phi) is 4.31. The molecule has 8 nitrogen and oxygen atoms in total. The van der Waals surface area contributed by atoms with Crippen LogP contribution in [0.5, 0.6) is 0 Å². The molecule has 0 aliphatic heterocycles. The summed E-state index contributed by atoms with van der Waals surface area (Å²) in [7, 11) is 0. The number of aryl methyl sites for hydroxylation is 2. The van der Waals surface area contributed by atoms with E-state index in [2.05, 4.69) is 25.9 Å². The van der Waals surface area contributed by atoms with E-state index in [0.717, 1.165) is 38.5 Å². The van der Waals surface area contributed by atoms with Crippen LogP contribution >= 0.6 is 0 Å².